The minimum Gasteiger partial charge on any atom is -0.459 e. The fraction of sp³-hybridized carbons (Fsp3) is 0.286. The van der Waals surface area contributed by atoms with Crippen molar-refractivity contribution in [2.45, 2.75) is 26.3 Å². The second-order valence-corrected chi connectivity index (χ2v) is 6.38. The van der Waals surface area contributed by atoms with Crippen molar-refractivity contribution < 1.29 is 14.0 Å². The highest BCUT2D eigenvalue weighted by molar-refractivity contribution is 7.18. The van der Waals surface area contributed by atoms with Crippen LogP contribution in [0.4, 0.5) is 5.00 Å². The maximum absolute atomic E-state index is 12.0. The molecule has 0 aliphatic carbocycles. The molecule has 106 valence electrons. The van der Waals surface area contributed by atoms with E-state index >= 15 is 0 Å². The number of hydrogen-bond acceptors (Lipinski definition) is 4. The molecule has 0 fully saturated rings. The van der Waals surface area contributed by atoms with Gasteiger partial charge in [-0.2, -0.15) is 0 Å². The molecule has 2 aromatic heterocycles. The van der Waals surface area contributed by atoms with E-state index in [0.717, 1.165) is 0 Å². The number of amides is 2. The number of anilines is 1. The molecule has 0 saturated heterocycles. The minimum absolute atomic E-state index is 0.152. The minimum atomic E-state index is -0.334. The Morgan fingerprint density at radius 2 is 1.90 bits per heavy atom. The Morgan fingerprint density at radius 1 is 1.15 bits per heavy atom. The van der Waals surface area contributed by atoms with Gasteiger partial charge in [-0.25, -0.2) is 0 Å². The third kappa shape index (κ3) is 3.71. The number of carbonyl (C=O) groups is 2. The lowest BCUT2D eigenvalue weighted by Crippen LogP contribution is -2.40. The molecule has 0 aromatic carbocycles. The maximum Gasteiger partial charge on any atom is 0.291 e. The smallest absolute Gasteiger partial charge is 0.291 e. The summed E-state index contributed by atoms with van der Waals surface area (Å²) in [5.74, 6) is -0.250. The van der Waals surface area contributed by atoms with Crippen LogP contribution in [0.15, 0.2) is 34.9 Å². The monoisotopic (exact) mass is 292 g/mol. The van der Waals surface area contributed by atoms with E-state index in [2.05, 4.69) is 10.6 Å². The second kappa shape index (κ2) is 5.50. The Hall–Kier alpha value is -2.08. The summed E-state index contributed by atoms with van der Waals surface area (Å²) in [6.07, 6.45) is 1.44. The average molecular weight is 292 g/mol. The van der Waals surface area contributed by atoms with Gasteiger partial charge in [0.1, 0.15) is 0 Å². The fourth-order valence-corrected chi connectivity index (χ4v) is 2.31. The molecule has 2 amide bonds. The lowest BCUT2D eigenvalue weighted by molar-refractivity contribution is 0.0922. The number of carbonyl (C=O) groups excluding carboxylic acids is 2. The third-order valence-corrected chi connectivity index (χ3v) is 3.30. The molecule has 0 radical (unpaired) electrons. The molecule has 2 N–H and O–H groups in total. The second-order valence-electron chi connectivity index (χ2n) is 5.30. The van der Waals surface area contributed by atoms with Gasteiger partial charge in [-0.05, 0) is 45.0 Å². The summed E-state index contributed by atoms with van der Waals surface area (Å²) in [5.41, 5.74) is -0.293. The first-order valence-corrected chi connectivity index (χ1v) is 6.94. The van der Waals surface area contributed by atoms with Gasteiger partial charge in [0, 0.05) is 5.54 Å². The van der Waals surface area contributed by atoms with Gasteiger partial charge in [-0.3, -0.25) is 9.59 Å². The first-order valence-electron chi connectivity index (χ1n) is 6.12. The van der Waals surface area contributed by atoms with Crippen LogP contribution in [0.5, 0.6) is 0 Å². The third-order valence-electron chi connectivity index (χ3n) is 2.30. The molecule has 0 aliphatic heterocycles. The molecule has 20 heavy (non-hydrogen) atoms. The van der Waals surface area contributed by atoms with Crippen molar-refractivity contribution in [3.8, 4) is 0 Å². The van der Waals surface area contributed by atoms with Crippen molar-refractivity contribution in [3.63, 3.8) is 0 Å². The van der Waals surface area contributed by atoms with Crippen LogP contribution in [-0.4, -0.2) is 17.4 Å². The van der Waals surface area contributed by atoms with Crippen LogP contribution in [0.2, 0.25) is 0 Å². The SMILES string of the molecule is CC(C)(C)NC(=O)c1ccc(NC(=O)c2ccco2)s1. The summed E-state index contributed by atoms with van der Waals surface area (Å²) in [6, 6.07) is 6.61. The largest absolute Gasteiger partial charge is 0.459 e. The normalized spacial score (nSPS) is 11.2. The molecular formula is C14H16N2O3S. The first-order chi connectivity index (χ1) is 9.35. The van der Waals surface area contributed by atoms with Gasteiger partial charge in [0.05, 0.1) is 16.1 Å². The summed E-state index contributed by atoms with van der Waals surface area (Å²) in [5, 5.41) is 6.16. The highest BCUT2D eigenvalue weighted by Crippen LogP contribution is 2.23. The molecule has 6 heteroatoms. The quantitative estimate of drug-likeness (QED) is 0.913. The summed E-state index contributed by atoms with van der Waals surface area (Å²) in [6.45, 7) is 5.74. The van der Waals surface area contributed by atoms with E-state index in [9.17, 15) is 9.59 Å². The Labute approximate surface area is 121 Å². The van der Waals surface area contributed by atoms with Crippen LogP contribution >= 0.6 is 11.3 Å². The van der Waals surface area contributed by atoms with E-state index in [-0.39, 0.29) is 23.1 Å². The van der Waals surface area contributed by atoms with Crippen LogP contribution in [0.3, 0.4) is 0 Å². The average Bonchev–Trinajstić information content (AvgIpc) is 2.97. The number of hydrogen-bond donors (Lipinski definition) is 2. The molecule has 0 bridgehead atoms. The van der Waals surface area contributed by atoms with Gasteiger partial charge >= 0.3 is 0 Å². The Balaban J connectivity index is 2.02. The van der Waals surface area contributed by atoms with Crippen LogP contribution in [0, 0.1) is 0 Å². The molecule has 0 atom stereocenters. The Kier molecular flexibility index (Phi) is 3.94. The summed E-state index contributed by atoms with van der Waals surface area (Å²) >= 11 is 1.22. The van der Waals surface area contributed by atoms with E-state index in [4.69, 9.17) is 4.42 Å². The van der Waals surface area contributed by atoms with Crippen molar-refractivity contribution in [1.82, 2.24) is 5.32 Å². The van der Waals surface area contributed by atoms with E-state index in [1.54, 1.807) is 24.3 Å². The van der Waals surface area contributed by atoms with E-state index < -0.39 is 0 Å². The fourth-order valence-electron chi connectivity index (χ4n) is 1.51. The highest BCUT2D eigenvalue weighted by Gasteiger charge is 2.17. The zero-order valence-electron chi connectivity index (χ0n) is 11.5. The van der Waals surface area contributed by atoms with Crippen LogP contribution in [-0.2, 0) is 0 Å². The molecule has 0 spiro atoms. The molecule has 0 unspecified atom stereocenters. The molecule has 0 aliphatic rings. The zero-order valence-corrected chi connectivity index (χ0v) is 12.3. The van der Waals surface area contributed by atoms with Crippen LogP contribution < -0.4 is 10.6 Å². The summed E-state index contributed by atoms with van der Waals surface area (Å²) in [4.78, 5) is 24.3. The summed E-state index contributed by atoms with van der Waals surface area (Å²) < 4.78 is 5.00. The highest BCUT2D eigenvalue weighted by atomic mass is 32.1. The predicted octanol–water partition coefficient (Wildman–Crippen LogP) is 3.12. The Morgan fingerprint density at radius 3 is 2.50 bits per heavy atom. The molecule has 0 saturated carbocycles. The molecular weight excluding hydrogens is 276 g/mol. The number of nitrogens with one attached hydrogen (secondary N) is 2. The Bertz CT molecular complexity index is 609. The standard InChI is InChI=1S/C14H16N2O3S/c1-14(2,3)16-13(18)10-6-7-11(20-10)15-12(17)9-5-4-8-19-9/h4-8H,1-3H3,(H,15,17)(H,16,18). The lowest BCUT2D eigenvalue weighted by atomic mass is 10.1. The predicted molar refractivity (Wildman–Crippen MR) is 78.2 cm³/mol. The van der Waals surface area contributed by atoms with E-state index in [0.29, 0.717) is 9.88 Å². The van der Waals surface area contributed by atoms with Crippen molar-refractivity contribution in [1.29, 1.82) is 0 Å². The van der Waals surface area contributed by atoms with Crippen molar-refractivity contribution in [2.75, 3.05) is 5.32 Å². The van der Waals surface area contributed by atoms with Crippen LogP contribution in [0.25, 0.3) is 0 Å². The summed E-state index contributed by atoms with van der Waals surface area (Å²) in [7, 11) is 0. The van der Waals surface area contributed by atoms with Gasteiger partial charge < -0.3 is 15.1 Å². The molecule has 2 aromatic rings. The van der Waals surface area contributed by atoms with Crippen molar-refractivity contribution in [2.24, 2.45) is 0 Å². The number of furan rings is 1. The molecule has 2 heterocycles. The zero-order chi connectivity index (χ0) is 14.8. The molecule has 5 nitrogen and oxygen atoms in total. The number of rotatable bonds is 3. The lowest BCUT2D eigenvalue weighted by Gasteiger charge is -2.19. The van der Waals surface area contributed by atoms with Gasteiger partial charge in [-0.1, -0.05) is 0 Å². The van der Waals surface area contributed by atoms with Gasteiger partial charge in [0.15, 0.2) is 5.76 Å². The maximum atomic E-state index is 12.0. The van der Waals surface area contributed by atoms with Gasteiger partial charge in [0.25, 0.3) is 11.8 Å². The van der Waals surface area contributed by atoms with Gasteiger partial charge in [-0.15, -0.1) is 11.3 Å². The first kappa shape index (κ1) is 14.3. The molecule has 2 rings (SSSR count). The van der Waals surface area contributed by atoms with Gasteiger partial charge in [0.2, 0.25) is 0 Å². The topological polar surface area (TPSA) is 71.3 Å². The van der Waals surface area contributed by atoms with E-state index in [1.165, 1.54) is 17.6 Å². The number of thiophene rings is 1. The van der Waals surface area contributed by atoms with Crippen molar-refractivity contribution in [3.05, 3.63) is 41.2 Å². The van der Waals surface area contributed by atoms with Crippen molar-refractivity contribution >= 4 is 28.2 Å². The van der Waals surface area contributed by atoms with Crippen LogP contribution in [0.1, 0.15) is 41.0 Å². The van der Waals surface area contributed by atoms with E-state index in [1.807, 2.05) is 20.8 Å².